The summed E-state index contributed by atoms with van der Waals surface area (Å²) < 4.78 is 6.05. The van der Waals surface area contributed by atoms with Gasteiger partial charge in [0.1, 0.15) is 11.8 Å². The van der Waals surface area contributed by atoms with Crippen molar-refractivity contribution >= 4 is 16.8 Å². The first kappa shape index (κ1) is 14.8. The molecule has 0 aliphatic carbocycles. The topological polar surface area (TPSA) is 24.8 Å². The van der Waals surface area contributed by atoms with Crippen molar-refractivity contribution in [2.75, 3.05) is 14.1 Å². The predicted octanol–water partition coefficient (Wildman–Crippen LogP) is 4.55. The standard InChI is InChI=1S/C21H20N2O/c1-14-8-10-16(11-9-14)20-19-17-7-5-4-6-15(17)12-13-18(19)24-21(22-20)23(2)3/h4-13,20H,1-3H3. The Bertz CT molecular complexity index is 926. The van der Waals surface area contributed by atoms with E-state index in [9.17, 15) is 0 Å². The number of ether oxygens (including phenoxy) is 1. The molecule has 120 valence electrons. The van der Waals surface area contributed by atoms with Gasteiger partial charge in [-0.05, 0) is 29.3 Å². The quantitative estimate of drug-likeness (QED) is 0.658. The number of amidine groups is 1. The van der Waals surface area contributed by atoms with Crippen molar-refractivity contribution < 1.29 is 4.74 Å². The van der Waals surface area contributed by atoms with Crippen molar-refractivity contribution in [1.29, 1.82) is 0 Å². The molecule has 1 atom stereocenters. The molecule has 3 aromatic rings. The van der Waals surface area contributed by atoms with Crippen LogP contribution in [0.25, 0.3) is 10.8 Å². The number of hydrogen-bond acceptors (Lipinski definition) is 3. The number of nitrogens with zero attached hydrogens (tertiary/aromatic N) is 2. The smallest absolute Gasteiger partial charge is 0.293 e. The first-order valence-electron chi connectivity index (χ1n) is 8.14. The van der Waals surface area contributed by atoms with Gasteiger partial charge in [-0.25, -0.2) is 4.99 Å². The average molecular weight is 316 g/mol. The van der Waals surface area contributed by atoms with Crippen LogP contribution in [0.2, 0.25) is 0 Å². The number of hydrogen-bond donors (Lipinski definition) is 0. The first-order chi connectivity index (χ1) is 11.6. The second-order valence-corrected chi connectivity index (χ2v) is 6.42. The molecule has 3 aromatic carbocycles. The Morgan fingerprint density at radius 1 is 0.917 bits per heavy atom. The monoisotopic (exact) mass is 316 g/mol. The Kier molecular flexibility index (Phi) is 3.49. The van der Waals surface area contributed by atoms with Gasteiger partial charge in [-0.15, -0.1) is 0 Å². The molecule has 1 heterocycles. The molecule has 0 fully saturated rings. The summed E-state index contributed by atoms with van der Waals surface area (Å²) in [6.45, 7) is 2.10. The van der Waals surface area contributed by atoms with Gasteiger partial charge in [0.2, 0.25) is 0 Å². The van der Waals surface area contributed by atoms with E-state index in [0.717, 1.165) is 11.3 Å². The van der Waals surface area contributed by atoms with E-state index in [4.69, 9.17) is 9.73 Å². The van der Waals surface area contributed by atoms with E-state index in [2.05, 4.69) is 67.6 Å². The number of benzene rings is 3. The minimum absolute atomic E-state index is 0.0575. The Morgan fingerprint density at radius 3 is 2.42 bits per heavy atom. The highest BCUT2D eigenvalue weighted by Gasteiger charge is 2.27. The van der Waals surface area contributed by atoms with Crippen molar-refractivity contribution in [3.8, 4) is 5.75 Å². The molecule has 0 saturated carbocycles. The highest BCUT2D eigenvalue weighted by Crippen LogP contribution is 2.41. The third kappa shape index (κ3) is 2.42. The zero-order valence-corrected chi connectivity index (χ0v) is 14.2. The van der Waals surface area contributed by atoms with Crippen LogP contribution >= 0.6 is 0 Å². The lowest BCUT2D eigenvalue weighted by Crippen LogP contribution is -2.31. The zero-order chi connectivity index (χ0) is 16.7. The zero-order valence-electron chi connectivity index (χ0n) is 14.2. The molecule has 0 aromatic heterocycles. The van der Waals surface area contributed by atoms with E-state index in [1.165, 1.54) is 21.9 Å². The molecule has 0 saturated heterocycles. The normalized spacial score (nSPS) is 16.3. The van der Waals surface area contributed by atoms with Crippen LogP contribution in [0.3, 0.4) is 0 Å². The van der Waals surface area contributed by atoms with Crippen molar-refractivity contribution in [1.82, 2.24) is 4.90 Å². The molecule has 3 nitrogen and oxygen atoms in total. The highest BCUT2D eigenvalue weighted by atomic mass is 16.5. The van der Waals surface area contributed by atoms with Gasteiger partial charge in [0, 0.05) is 19.7 Å². The molecule has 0 radical (unpaired) electrons. The predicted molar refractivity (Wildman–Crippen MR) is 98.7 cm³/mol. The van der Waals surface area contributed by atoms with E-state index >= 15 is 0 Å². The molecule has 0 N–H and O–H groups in total. The van der Waals surface area contributed by atoms with Crippen LogP contribution in [0.4, 0.5) is 0 Å². The van der Waals surface area contributed by atoms with Crippen molar-refractivity contribution in [3.05, 3.63) is 77.4 Å². The molecule has 1 aliphatic heterocycles. The molecule has 1 unspecified atom stereocenters. The van der Waals surface area contributed by atoms with Crippen LogP contribution in [-0.4, -0.2) is 25.0 Å². The number of fused-ring (bicyclic) bond motifs is 3. The summed E-state index contributed by atoms with van der Waals surface area (Å²) in [5.74, 6) is 0.887. The fourth-order valence-corrected chi connectivity index (χ4v) is 3.14. The van der Waals surface area contributed by atoms with Crippen LogP contribution in [-0.2, 0) is 0 Å². The maximum atomic E-state index is 6.05. The Labute approximate surface area is 142 Å². The van der Waals surface area contributed by atoms with Crippen molar-refractivity contribution in [3.63, 3.8) is 0 Å². The van der Waals surface area contributed by atoms with E-state index in [1.54, 1.807) is 0 Å². The van der Waals surface area contributed by atoms with Gasteiger partial charge in [0.05, 0.1) is 0 Å². The molecular weight excluding hydrogens is 296 g/mol. The fraction of sp³-hybridized carbons (Fsp3) is 0.190. The molecule has 0 bridgehead atoms. The van der Waals surface area contributed by atoms with Gasteiger partial charge in [-0.3, -0.25) is 0 Å². The van der Waals surface area contributed by atoms with Gasteiger partial charge in [0.15, 0.2) is 0 Å². The Hall–Kier alpha value is -2.81. The van der Waals surface area contributed by atoms with Crippen LogP contribution in [0.5, 0.6) is 5.75 Å². The third-order valence-electron chi connectivity index (χ3n) is 4.42. The summed E-state index contributed by atoms with van der Waals surface area (Å²) in [7, 11) is 3.91. The van der Waals surface area contributed by atoms with Gasteiger partial charge in [-0.2, -0.15) is 0 Å². The summed E-state index contributed by atoms with van der Waals surface area (Å²) in [5.41, 5.74) is 3.57. The maximum Gasteiger partial charge on any atom is 0.293 e. The van der Waals surface area contributed by atoms with Crippen LogP contribution in [0.1, 0.15) is 22.7 Å². The lowest BCUT2D eigenvalue weighted by molar-refractivity contribution is 0.407. The first-order valence-corrected chi connectivity index (χ1v) is 8.14. The molecule has 4 rings (SSSR count). The summed E-state index contributed by atoms with van der Waals surface area (Å²) >= 11 is 0. The van der Waals surface area contributed by atoms with Crippen LogP contribution in [0, 0.1) is 6.92 Å². The van der Waals surface area contributed by atoms with Gasteiger partial charge in [0.25, 0.3) is 6.02 Å². The summed E-state index contributed by atoms with van der Waals surface area (Å²) in [4.78, 5) is 6.81. The third-order valence-corrected chi connectivity index (χ3v) is 4.42. The van der Waals surface area contributed by atoms with E-state index in [0.29, 0.717) is 6.02 Å². The molecular formula is C21H20N2O. The van der Waals surface area contributed by atoms with Gasteiger partial charge in [-0.1, -0.05) is 60.2 Å². The lowest BCUT2D eigenvalue weighted by atomic mass is 9.92. The Balaban J connectivity index is 1.97. The highest BCUT2D eigenvalue weighted by molar-refractivity contribution is 5.91. The van der Waals surface area contributed by atoms with Gasteiger partial charge >= 0.3 is 0 Å². The number of aliphatic imine (C=N–C) groups is 1. The lowest BCUT2D eigenvalue weighted by Gasteiger charge is -2.28. The molecule has 3 heteroatoms. The molecule has 24 heavy (non-hydrogen) atoms. The minimum Gasteiger partial charge on any atom is -0.426 e. The average Bonchev–Trinajstić information content (AvgIpc) is 2.61. The van der Waals surface area contributed by atoms with E-state index in [-0.39, 0.29) is 6.04 Å². The van der Waals surface area contributed by atoms with Crippen molar-refractivity contribution in [2.45, 2.75) is 13.0 Å². The molecule has 0 spiro atoms. The largest absolute Gasteiger partial charge is 0.426 e. The number of rotatable bonds is 1. The van der Waals surface area contributed by atoms with E-state index in [1.807, 2.05) is 19.0 Å². The molecule has 0 amide bonds. The second kappa shape index (κ2) is 5.68. The van der Waals surface area contributed by atoms with Crippen LogP contribution < -0.4 is 4.74 Å². The minimum atomic E-state index is -0.0575. The van der Waals surface area contributed by atoms with Crippen LogP contribution in [0.15, 0.2) is 65.7 Å². The maximum absolute atomic E-state index is 6.05. The SMILES string of the molecule is Cc1ccc(C2N=C(N(C)C)Oc3ccc4ccccc4c32)cc1. The molecule has 1 aliphatic rings. The Morgan fingerprint density at radius 2 is 1.67 bits per heavy atom. The second-order valence-electron chi connectivity index (χ2n) is 6.42. The summed E-state index contributed by atoms with van der Waals surface area (Å²) in [6.07, 6.45) is 0. The van der Waals surface area contributed by atoms with Gasteiger partial charge < -0.3 is 9.64 Å². The van der Waals surface area contributed by atoms with E-state index < -0.39 is 0 Å². The number of aryl methyl sites for hydroxylation is 1. The fourth-order valence-electron chi connectivity index (χ4n) is 3.14. The summed E-state index contributed by atoms with van der Waals surface area (Å²) in [6, 6.07) is 21.8. The summed E-state index contributed by atoms with van der Waals surface area (Å²) in [5, 5.41) is 2.41. The van der Waals surface area contributed by atoms with Crippen molar-refractivity contribution in [2.24, 2.45) is 4.99 Å².